The first-order chi connectivity index (χ1) is 12.5. The molecule has 0 unspecified atom stereocenters. The topological polar surface area (TPSA) is 73.9 Å². The number of rotatable bonds is 8. The fourth-order valence-electron chi connectivity index (χ4n) is 2.20. The Morgan fingerprint density at radius 2 is 1.88 bits per heavy atom. The van der Waals surface area contributed by atoms with E-state index >= 15 is 0 Å². The molecule has 0 radical (unpaired) electrons. The molecular formula is C19H20ClNO5. The van der Waals surface area contributed by atoms with Crippen LogP contribution < -0.4 is 10.1 Å². The number of hydrogen-bond donors (Lipinski definition) is 1. The Balaban J connectivity index is 2.17. The molecule has 26 heavy (non-hydrogen) atoms. The van der Waals surface area contributed by atoms with Crippen molar-refractivity contribution in [2.45, 2.75) is 13.0 Å². The minimum absolute atomic E-state index is 0.221. The quantitative estimate of drug-likeness (QED) is 0.711. The molecule has 2 aromatic carbocycles. The molecule has 0 fully saturated rings. The number of carbonyl (C=O) groups is 2. The average Bonchev–Trinajstić information content (AvgIpc) is 2.65. The van der Waals surface area contributed by atoms with Gasteiger partial charge in [0.05, 0.1) is 12.1 Å². The van der Waals surface area contributed by atoms with E-state index in [1.165, 1.54) is 7.11 Å². The number of anilines is 1. The highest BCUT2D eigenvalue weighted by Crippen LogP contribution is 2.28. The van der Waals surface area contributed by atoms with Gasteiger partial charge in [-0.3, -0.25) is 4.79 Å². The van der Waals surface area contributed by atoms with Gasteiger partial charge in [-0.2, -0.15) is 0 Å². The maximum atomic E-state index is 12.7. The maximum Gasteiger partial charge on any atom is 0.333 e. The zero-order valence-electron chi connectivity index (χ0n) is 14.5. The van der Waals surface area contributed by atoms with Gasteiger partial charge < -0.3 is 19.5 Å². The van der Waals surface area contributed by atoms with Gasteiger partial charge in [-0.25, -0.2) is 4.79 Å². The molecule has 2 aromatic rings. The van der Waals surface area contributed by atoms with Crippen LogP contribution in [0.15, 0.2) is 48.5 Å². The van der Waals surface area contributed by atoms with E-state index in [0.29, 0.717) is 28.6 Å². The van der Waals surface area contributed by atoms with Gasteiger partial charge in [0, 0.05) is 17.9 Å². The first kappa shape index (κ1) is 19.8. The van der Waals surface area contributed by atoms with Crippen molar-refractivity contribution in [2.75, 3.05) is 25.6 Å². The second kappa shape index (κ2) is 9.79. The first-order valence-electron chi connectivity index (χ1n) is 8.01. The van der Waals surface area contributed by atoms with Gasteiger partial charge in [0.25, 0.3) is 5.91 Å². The molecule has 2 rings (SSSR count). The molecule has 0 saturated carbocycles. The third kappa shape index (κ3) is 5.47. The molecular weight excluding hydrogens is 358 g/mol. The fraction of sp³-hybridized carbons (Fsp3) is 0.263. The number of nitrogens with one attached hydrogen (secondary N) is 1. The van der Waals surface area contributed by atoms with E-state index in [4.69, 9.17) is 25.8 Å². The van der Waals surface area contributed by atoms with Crippen LogP contribution in [0.25, 0.3) is 0 Å². The fourth-order valence-corrected chi connectivity index (χ4v) is 2.46. The van der Waals surface area contributed by atoms with Crippen molar-refractivity contribution in [3.63, 3.8) is 0 Å². The highest BCUT2D eigenvalue weighted by molar-refractivity contribution is 6.32. The highest BCUT2D eigenvalue weighted by Gasteiger charge is 2.25. The van der Waals surface area contributed by atoms with Gasteiger partial charge in [-0.15, -0.1) is 0 Å². The number of hydrogen-bond acceptors (Lipinski definition) is 5. The summed E-state index contributed by atoms with van der Waals surface area (Å²) in [6.07, 6.45) is -1.11. The van der Waals surface area contributed by atoms with Gasteiger partial charge in [0.2, 0.25) is 6.10 Å². The van der Waals surface area contributed by atoms with Crippen molar-refractivity contribution >= 4 is 29.2 Å². The predicted octanol–water partition coefficient (Wildman–Crippen LogP) is 3.61. The second-order valence-corrected chi connectivity index (χ2v) is 5.66. The van der Waals surface area contributed by atoms with Crippen molar-refractivity contribution in [3.8, 4) is 5.75 Å². The van der Waals surface area contributed by atoms with E-state index in [1.807, 2.05) is 6.07 Å². The number of halogens is 1. The Bertz CT molecular complexity index is 751. The van der Waals surface area contributed by atoms with Crippen LogP contribution in [-0.4, -0.2) is 32.2 Å². The highest BCUT2D eigenvalue weighted by atomic mass is 35.5. The van der Waals surface area contributed by atoms with Crippen LogP contribution in [0.5, 0.6) is 5.75 Å². The average molecular weight is 378 g/mol. The van der Waals surface area contributed by atoms with Crippen LogP contribution in [0.1, 0.15) is 18.6 Å². The summed E-state index contributed by atoms with van der Waals surface area (Å²) in [5, 5.41) is 3.05. The van der Waals surface area contributed by atoms with E-state index in [-0.39, 0.29) is 6.61 Å². The normalized spacial score (nSPS) is 11.5. The van der Waals surface area contributed by atoms with Crippen LogP contribution in [0.4, 0.5) is 5.69 Å². The van der Waals surface area contributed by atoms with Crippen LogP contribution >= 0.6 is 11.6 Å². The third-order valence-corrected chi connectivity index (χ3v) is 3.73. The Kier molecular flexibility index (Phi) is 7.44. The van der Waals surface area contributed by atoms with E-state index in [2.05, 4.69) is 5.32 Å². The molecule has 6 nitrogen and oxygen atoms in total. The van der Waals surface area contributed by atoms with Crippen molar-refractivity contribution in [1.82, 2.24) is 0 Å². The molecule has 1 atom stereocenters. The summed E-state index contributed by atoms with van der Waals surface area (Å²) < 4.78 is 15.4. The number of carbonyl (C=O) groups excluding carboxylic acids is 2. The Labute approximate surface area is 157 Å². The molecule has 1 N–H and O–H groups in total. The van der Waals surface area contributed by atoms with Gasteiger partial charge in [-0.1, -0.05) is 41.9 Å². The smallest absolute Gasteiger partial charge is 0.333 e. The molecule has 1 amide bonds. The van der Waals surface area contributed by atoms with Crippen molar-refractivity contribution in [3.05, 3.63) is 59.1 Å². The monoisotopic (exact) mass is 377 g/mol. The minimum Gasteiger partial charge on any atom is -0.495 e. The summed E-state index contributed by atoms with van der Waals surface area (Å²) in [5.74, 6) is -0.627. The van der Waals surface area contributed by atoms with Gasteiger partial charge >= 0.3 is 5.97 Å². The summed E-state index contributed by atoms with van der Waals surface area (Å²) in [6.45, 7) is 1.92. The first-order valence-corrected chi connectivity index (χ1v) is 8.39. The Hall–Kier alpha value is -2.57. The Morgan fingerprint density at radius 3 is 2.50 bits per heavy atom. The molecule has 138 valence electrons. The van der Waals surface area contributed by atoms with E-state index in [9.17, 15) is 9.59 Å². The summed E-state index contributed by atoms with van der Waals surface area (Å²) in [4.78, 5) is 24.6. The van der Waals surface area contributed by atoms with Crippen molar-refractivity contribution in [1.29, 1.82) is 0 Å². The molecule has 0 aliphatic rings. The molecule has 7 heteroatoms. The summed E-state index contributed by atoms with van der Waals surface area (Å²) in [6, 6.07) is 13.6. The van der Waals surface area contributed by atoms with Gasteiger partial charge in [0.15, 0.2) is 0 Å². The molecule has 0 aromatic heterocycles. The van der Waals surface area contributed by atoms with Crippen molar-refractivity contribution < 1.29 is 23.8 Å². The zero-order valence-corrected chi connectivity index (χ0v) is 15.3. The SMILES string of the molecule is CCOCC(=O)O[C@@H](C(=O)Nc1ccc(OC)c(Cl)c1)c1ccccc1. The van der Waals surface area contributed by atoms with E-state index in [0.717, 1.165) is 0 Å². The molecule has 0 aliphatic carbocycles. The largest absolute Gasteiger partial charge is 0.495 e. The number of methoxy groups -OCH3 is 1. The third-order valence-electron chi connectivity index (χ3n) is 3.43. The molecule has 0 aliphatic heterocycles. The maximum absolute atomic E-state index is 12.7. The summed E-state index contributed by atoms with van der Waals surface area (Å²) in [5.41, 5.74) is 1.01. The van der Waals surface area contributed by atoms with Crippen LogP contribution in [0.2, 0.25) is 5.02 Å². The lowest BCUT2D eigenvalue weighted by Crippen LogP contribution is -2.27. The number of amides is 1. The number of benzene rings is 2. The second-order valence-electron chi connectivity index (χ2n) is 5.26. The van der Waals surface area contributed by atoms with E-state index < -0.39 is 18.0 Å². The van der Waals surface area contributed by atoms with Crippen LogP contribution in [-0.2, 0) is 19.1 Å². The molecule has 0 spiro atoms. The molecule has 0 bridgehead atoms. The lowest BCUT2D eigenvalue weighted by atomic mass is 10.1. The lowest BCUT2D eigenvalue weighted by Gasteiger charge is -2.18. The number of ether oxygens (including phenoxy) is 3. The van der Waals surface area contributed by atoms with Crippen LogP contribution in [0.3, 0.4) is 0 Å². The van der Waals surface area contributed by atoms with E-state index in [1.54, 1.807) is 49.4 Å². The van der Waals surface area contributed by atoms with Gasteiger partial charge in [-0.05, 0) is 25.1 Å². The predicted molar refractivity (Wildman–Crippen MR) is 98.4 cm³/mol. The molecule has 0 saturated heterocycles. The molecule has 0 heterocycles. The standard InChI is InChI=1S/C19H20ClNO5/c1-3-25-12-17(22)26-18(13-7-5-4-6-8-13)19(23)21-14-9-10-16(24-2)15(20)11-14/h4-11,18H,3,12H2,1-2H3,(H,21,23)/t18-/m1/s1. The minimum atomic E-state index is -1.11. The lowest BCUT2D eigenvalue weighted by molar-refractivity contribution is -0.159. The zero-order chi connectivity index (χ0) is 18.9. The summed E-state index contributed by atoms with van der Waals surface area (Å²) in [7, 11) is 1.50. The summed E-state index contributed by atoms with van der Waals surface area (Å²) >= 11 is 6.07. The van der Waals surface area contributed by atoms with Crippen molar-refractivity contribution in [2.24, 2.45) is 0 Å². The van der Waals surface area contributed by atoms with Crippen LogP contribution in [0, 0.1) is 0 Å². The number of esters is 1. The van der Waals surface area contributed by atoms with Gasteiger partial charge in [0.1, 0.15) is 12.4 Å². The Morgan fingerprint density at radius 1 is 1.15 bits per heavy atom.